The molecule has 1 aromatic rings. The third-order valence-corrected chi connectivity index (χ3v) is 3.96. The van der Waals surface area contributed by atoms with Gasteiger partial charge in [-0.2, -0.15) is 0 Å². The predicted octanol–water partition coefficient (Wildman–Crippen LogP) is 2.10. The fourth-order valence-electron chi connectivity index (χ4n) is 2.16. The summed E-state index contributed by atoms with van der Waals surface area (Å²) in [5.41, 5.74) is 0.567. The Balaban J connectivity index is 1.76. The zero-order chi connectivity index (χ0) is 15.2. The maximum Gasteiger partial charge on any atom is 0.225 e. The van der Waals surface area contributed by atoms with Crippen molar-refractivity contribution in [2.45, 2.75) is 6.42 Å². The molecule has 0 spiro atoms. The van der Waals surface area contributed by atoms with Crippen LogP contribution >= 0.6 is 23.2 Å². The van der Waals surface area contributed by atoms with Gasteiger partial charge in [0.15, 0.2) is 0 Å². The molecular formula is C14H17Cl2N3O2. The van der Waals surface area contributed by atoms with Gasteiger partial charge in [0, 0.05) is 44.2 Å². The number of amides is 2. The number of halogens is 2. The van der Waals surface area contributed by atoms with Crippen LogP contribution < -0.4 is 5.32 Å². The quantitative estimate of drug-likeness (QED) is 0.841. The second kappa shape index (κ2) is 7.64. The summed E-state index contributed by atoms with van der Waals surface area (Å²) in [5.74, 6) is -0.0861. The first-order valence-corrected chi connectivity index (χ1v) is 7.50. The van der Waals surface area contributed by atoms with Crippen LogP contribution in [0.25, 0.3) is 0 Å². The van der Waals surface area contributed by atoms with Crippen LogP contribution in [-0.4, -0.2) is 54.8 Å². The van der Waals surface area contributed by atoms with E-state index in [1.807, 2.05) is 0 Å². The van der Waals surface area contributed by atoms with Crippen LogP contribution in [0.3, 0.4) is 0 Å². The summed E-state index contributed by atoms with van der Waals surface area (Å²) in [4.78, 5) is 26.4. The lowest BCUT2D eigenvalue weighted by Gasteiger charge is -2.32. The number of hydrogen-bond donors (Lipinski definition) is 1. The second-order valence-corrected chi connectivity index (χ2v) is 5.75. The van der Waals surface area contributed by atoms with E-state index >= 15 is 0 Å². The van der Waals surface area contributed by atoms with E-state index in [4.69, 9.17) is 23.2 Å². The van der Waals surface area contributed by atoms with Gasteiger partial charge in [0.05, 0.1) is 10.7 Å². The molecule has 1 saturated heterocycles. The highest BCUT2D eigenvalue weighted by molar-refractivity contribution is 6.36. The Morgan fingerprint density at radius 1 is 1.24 bits per heavy atom. The van der Waals surface area contributed by atoms with Crippen LogP contribution in [0.5, 0.6) is 0 Å². The van der Waals surface area contributed by atoms with Crippen molar-refractivity contribution < 1.29 is 9.59 Å². The molecule has 2 rings (SSSR count). The van der Waals surface area contributed by atoms with Gasteiger partial charge in [-0.05, 0) is 18.2 Å². The third-order valence-electron chi connectivity index (χ3n) is 3.42. The van der Waals surface area contributed by atoms with E-state index in [9.17, 15) is 9.59 Å². The molecule has 2 amide bonds. The molecule has 7 heteroatoms. The Morgan fingerprint density at radius 2 is 1.95 bits per heavy atom. The zero-order valence-electron chi connectivity index (χ0n) is 11.5. The van der Waals surface area contributed by atoms with E-state index in [0.29, 0.717) is 41.8 Å². The lowest BCUT2D eigenvalue weighted by molar-refractivity contribution is -0.120. The lowest BCUT2D eigenvalue weighted by atomic mass is 10.2. The first-order chi connectivity index (χ1) is 10.1. The summed E-state index contributed by atoms with van der Waals surface area (Å²) in [6.45, 7) is 3.70. The molecule has 5 nitrogen and oxygen atoms in total. The Morgan fingerprint density at radius 3 is 2.57 bits per heavy atom. The van der Waals surface area contributed by atoms with Crippen LogP contribution in [0.1, 0.15) is 6.42 Å². The largest absolute Gasteiger partial charge is 0.343 e. The summed E-state index contributed by atoms with van der Waals surface area (Å²) in [7, 11) is 0. The summed E-state index contributed by atoms with van der Waals surface area (Å²) >= 11 is 11.8. The minimum Gasteiger partial charge on any atom is -0.343 e. The number of hydrogen-bond acceptors (Lipinski definition) is 3. The maximum atomic E-state index is 11.9. The lowest BCUT2D eigenvalue weighted by Crippen LogP contribution is -2.46. The molecule has 0 saturated carbocycles. The van der Waals surface area contributed by atoms with Gasteiger partial charge in [0.25, 0.3) is 0 Å². The van der Waals surface area contributed by atoms with Crippen molar-refractivity contribution in [1.82, 2.24) is 9.80 Å². The molecule has 1 heterocycles. The van der Waals surface area contributed by atoms with Crippen LogP contribution in [0, 0.1) is 0 Å². The highest BCUT2D eigenvalue weighted by Gasteiger charge is 2.16. The molecule has 1 N–H and O–H groups in total. The van der Waals surface area contributed by atoms with Crippen molar-refractivity contribution in [2.24, 2.45) is 0 Å². The Kier molecular flexibility index (Phi) is 5.85. The van der Waals surface area contributed by atoms with E-state index in [1.165, 1.54) is 0 Å². The fourth-order valence-corrected chi connectivity index (χ4v) is 2.61. The number of piperazine rings is 1. The average Bonchev–Trinajstić information content (AvgIpc) is 2.48. The Hall–Kier alpha value is -1.30. The minimum atomic E-state index is -0.0861. The molecule has 114 valence electrons. The molecule has 1 aliphatic heterocycles. The number of nitrogens with one attached hydrogen (secondary N) is 1. The van der Waals surface area contributed by atoms with E-state index < -0.39 is 0 Å². The van der Waals surface area contributed by atoms with Gasteiger partial charge < -0.3 is 10.2 Å². The molecule has 0 aromatic heterocycles. The molecule has 1 fully saturated rings. The van der Waals surface area contributed by atoms with Crippen molar-refractivity contribution in [1.29, 1.82) is 0 Å². The molecular weight excluding hydrogens is 313 g/mol. The highest BCUT2D eigenvalue weighted by atomic mass is 35.5. The number of nitrogens with zero attached hydrogens (tertiary/aromatic N) is 2. The maximum absolute atomic E-state index is 11.9. The number of carbonyl (C=O) groups excluding carboxylic acids is 2. The molecule has 0 unspecified atom stereocenters. The summed E-state index contributed by atoms with van der Waals surface area (Å²) in [5, 5.41) is 3.73. The number of carbonyl (C=O) groups is 2. The molecule has 21 heavy (non-hydrogen) atoms. The summed E-state index contributed by atoms with van der Waals surface area (Å²) in [6, 6.07) is 4.96. The molecule has 1 aliphatic rings. The van der Waals surface area contributed by atoms with Crippen LogP contribution in [0.15, 0.2) is 18.2 Å². The van der Waals surface area contributed by atoms with Gasteiger partial charge in [-0.15, -0.1) is 0 Å². The standard InChI is InChI=1S/C14H17Cl2N3O2/c15-11-1-2-13(12(16)9-11)17-14(21)3-4-18-5-7-19(10-20)8-6-18/h1-2,9-10H,3-8H2,(H,17,21). The van der Waals surface area contributed by atoms with Crippen molar-refractivity contribution in [3.8, 4) is 0 Å². The zero-order valence-corrected chi connectivity index (χ0v) is 13.0. The smallest absolute Gasteiger partial charge is 0.225 e. The number of rotatable bonds is 5. The van der Waals surface area contributed by atoms with Crippen molar-refractivity contribution in [3.05, 3.63) is 28.2 Å². The number of benzene rings is 1. The van der Waals surface area contributed by atoms with Crippen molar-refractivity contribution in [2.75, 3.05) is 38.0 Å². The van der Waals surface area contributed by atoms with Crippen LogP contribution in [0.2, 0.25) is 10.0 Å². The normalized spacial score (nSPS) is 15.8. The topological polar surface area (TPSA) is 52.7 Å². The van der Waals surface area contributed by atoms with Crippen molar-refractivity contribution >= 4 is 41.2 Å². The summed E-state index contributed by atoms with van der Waals surface area (Å²) < 4.78 is 0. The SMILES string of the molecule is O=CN1CCN(CCC(=O)Nc2ccc(Cl)cc2Cl)CC1. The van der Waals surface area contributed by atoms with Gasteiger partial charge in [0.2, 0.25) is 12.3 Å². The van der Waals surface area contributed by atoms with Gasteiger partial charge in [0.1, 0.15) is 0 Å². The molecule has 0 aliphatic carbocycles. The highest BCUT2D eigenvalue weighted by Crippen LogP contribution is 2.25. The Labute approximate surface area is 133 Å². The van der Waals surface area contributed by atoms with Gasteiger partial charge >= 0.3 is 0 Å². The molecule has 0 radical (unpaired) electrons. The molecule has 0 atom stereocenters. The average molecular weight is 330 g/mol. The third kappa shape index (κ3) is 4.88. The van der Waals surface area contributed by atoms with Gasteiger partial charge in [-0.1, -0.05) is 23.2 Å². The summed E-state index contributed by atoms with van der Waals surface area (Å²) in [6.07, 6.45) is 1.26. The van der Waals surface area contributed by atoms with Gasteiger partial charge in [-0.3, -0.25) is 14.5 Å². The van der Waals surface area contributed by atoms with Gasteiger partial charge in [-0.25, -0.2) is 0 Å². The van der Waals surface area contributed by atoms with E-state index in [0.717, 1.165) is 19.5 Å². The Bertz CT molecular complexity index is 517. The van der Waals surface area contributed by atoms with Crippen LogP contribution in [-0.2, 0) is 9.59 Å². The monoisotopic (exact) mass is 329 g/mol. The van der Waals surface area contributed by atoms with Crippen molar-refractivity contribution in [3.63, 3.8) is 0 Å². The number of anilines is 1. The van der Waals surface area contributed by atoms with E-state index in [-0.39, 0.29) is 5.91 Å². The minimum absolute atomic E-state index is 0.0861. The molecule has 0 bridgehead atoms. The predicted molar refractivity (Wildman–Crippen MR) is 83.8 cm³/mol. The fraction of sp³-hybridized carbons (Fsp3) is 0.429. The first kappa shape index (κ1) is 16.1. The van der Waals surface area contributed by atoms with E-state index in [1.54, 1.807) is 23.1 Å². The molecule has 1 aromatic carbocycles. The second-order valence-electron chi connectivity index (χ2n) is 4.91. The van der Waals surface area contributed by atoms with E-state index in [2.05, 4.69) is 10.2 Å². The van der Waals surface area contributed by atoms with Crippen LogP contribution in [0.4, 0.5) is 5.69 Å². The first-order valence-electron chi connectivity index (χ1n) is 6.75.